The van der Waals surface area contributed by atoms with E-state index in [4.69, 9.17) is 0 Å². The lowest BCUT2D eigenvalue weighted by Crippen LogP contribution is -2.24. The van der Waals surface area contributed by atoms with Gasteiger partial charge in [0.1, 0.15) is 5.69 Å². The second kappa shape index (κ2) is 5.95. The molecule has 0 aliphatic rings. The largest absolute Gasteiger partial charge is 0.378 e. The number of carbonyl (C=O) groups excluding carboxylic acids is 1. The van der Waals surface area contributed by atoms with Crippen LogP contribution in [0.4, 0.5) is 5.69 Å². The number of hydrogen-bond acceptors (Lipinski definition) is 4. The van der Waals surface area contributed by atoms with Crippen molar-refractivity contribution in [3.05, 3.63) is 54.1 Å². The molecule has 0 spiro atoms. The Kier molecular flexibility index (Phi) is 4.07. The molecule has 2 aromatic rings. The van der Waals surface area contributed by atoms with Crippen molar-refractivity contribution in [3.63, 3.8) is 0 Å². The van der Waals surface area contributed by atoms with Gasteiger partial charge in [-0.15, -0.1) is 0 Å². The number of aromatic nitrogens is 2. The van der Waals surface area contributed by atoms with Gasteiger partial charge in [0.05, 0.1) is 6.20 Å². The summed E-state index contributed by atoms with van der Waals surface area (Å²) in [6, 6.07) is 8.01. The monoisotopic (exact) mass is 256 g/mol. The molecule has 0 fully saturated rings. The van der Waals surface area contributed by atoms with Crippen LogP contribution in [0.25, 0.3) is 0 Å². The van der Waals surface area contributed by atoms with Crippen LogP contribution in [0.15, 0.2) is 42.9 Å². The average Bonchev–Trinajstić information content (AvgIpc) is 2.46. The molecule has 0 unspecified atom stereocenters. The van der Waals surface area contributed by atoms with Gasteiger partial charge in [-0.2, -0.15) is 0 Å². The van der Waals surface area contributed by atoms with Crippen LogP contribution < -0.4 is 10.2 Å². The molecule has 1 amide bonds. The fourth-order valence-electron chi connectivity index (χ4n) is 1.63. The maximum Gasteiger partial charge on any atom is 0.271 e. The Morgan fingerprint density at radius 1 is 1.32 bits per heavy atom. The van der Waals surface area contributed by atoms with E-state index in [0.717, 1.165) is 11.3 Å². The normalized spacial score (nSPS) is 10.0. The highest BCUT2D eigenvalue weighted by Gasteiger charge is 2.06. The first kappa shape index (κ1) is 13.0. The summed E-state index contributed by atoms with van der Waals surface area (Å²) in [5.41, 5.74) is 2.47. The number of rotatable bonds is 4. The standard InChI is InChI=1S/C14H16N4O/c1-18(2)12-5-3-4-11(8-12)9-17-14(19)13-10-15-6-7-16-13/h3-8,10H,9H2,1-2H3,(H,17,19). The summed E-state index contributed by atoms with van der Waals surface area (Å²) < 4.78 is 0. The minimum atomic E-state index is -0.219. The van der Waals surface area contributed by atoms with Crippen LogP contribution in [0.5, 0.6) is 0 Å². The Bertz CT molecular complexity index is 554. The van der Waals surface area contributed by atoms with Crippen molar-refractivity contribution in [2.45, 2.75) is 6.54 Å². The van der Waals surface area contributed by atoms with Crippen LogP contribution in [0.1, 0.15) is 16.1 Å². The van der Waals surface area contributed by atoms with Crippen LogP contribution >= 0.6 is 0 Å². The third-order valence-corrected chi connectivity index (χ3v) is 2.68. The van der Waals surface area contributed by atoms with Crippen molar-refractivity contribution in [2.24, 2.45) is 0 Å². The summed E-state index contributed by atoms with van der Waals surface area (Å²) in [6.07, 6.45) is 4.49. The third kappa shape index (κ3) is 3.51. The first-order valence-electron chi connectivity index (χ1n) is 5.97. The summed E-state index contributed by atoms with van der Waals surface area (Å²) in [4.78, 5) is 21.7. The van der Waals surface area contributed by atoms with Crippen LogP contribution in [0, 0.1) is 0 Å². The minimum Gasteiger partial charge on any atom is -0.378 e. The Morgan fingerprint density at radius 3 is 2.84 bits per heavy atom. The van der Waals surface area contributed by atoms with Gasteiger partial charge in [-0.25, -0.2) is 4.98 Å². The van der Waals surface area contributed by atoms with E-state index in [2.05, 4.69) is 15.3 Å². The van der Waals surface area contributed by atoms with E-state index in [1.807, 2.05) is 43.3 Å². The number of nitrogens with one attached hydrogen (secondary N) is 1. The predicted octanol–water partition coefficient (Wildman–Crippen LogP) is 1.47. The second-order valence-corrected chi connectivity index (χ2v) is 4.34. The number of anilines is 1. The molecule has 1 aromatic carbocycles. The predicted molar refractivity (Wildman–Crippen MR) is 74.0 cm³/mol. The number of hydrogen-bond donors (Lipinski definition) is 1. The summed E-state index contributed by atoms with van der Waals surface area (Å²) >= 11 is 0. The molecule has 0 atom stereocenters. The first-order valence-corrected chi connectivity index (χ1v) is 5.97. The van der Waals surface area contributed by atoms with E-state index < -0.39 is 0 Å². The number of amides is 1. The fourth-order valence-corrected chi connectivity index (χ4v) is 1.63. The zero-order valence-electron chi connectivity index (χ0n) is 11.0. The van der Waals surface area contributed by atoms with Gasteiger partial charge in [0.15, 0.2) is 0 Å². The minimum absolute atomic E-state index is 0.219. The molecule has 98 valence electrons. The van der Waals surface area contributed by atoms with Crippen molar-refractivity contribution < 1.29 is 4.79 Å². The zero-order chi connectivity index (χ0) is 13.7. The maximum atomic E-state index is 11.8. The number of nitrogens with zero attached hydrogens (tertiary/aromatic N) is 3. The molecule has 5 heteroatoms. The van der Waals surface area contributed by atoms with Crippen molar-refractivity contribution in [1.29, 1.82) is 0 Å². The maximum absolute atomic E-state index is 11.8. The molecule has 0 saturated heterocycles. The van der Waals surface area contributed by atoms with E-state index >= 15 is 0 Å². The fraction of sp³-hybridized carbons (Fsp3) is 0.214. The zero-order valence-corrected chi connectivity index (χ0v) is 11.0. The topological polar surface area (TPSA) is 58.1 Å². The van der Waals surface area contributed by atoms with Crippen LogP contribution in [0.2, 0.25) is 0 Å². The summed E-state index contributed by atoms with van der Waals surface area (Å²) in [7, 11) is 3.97. The van der Waals surface area contributed by atoms with Gasteiger partial charge in [-0.05, 0) is 17.7 Å². The Hall–Kier alpha value is -2.43. The molecule has 1 N–H and O–H groups in total. The molecule has 1 aromatic heterocycles. The highest BCUT2D eigenvalue weighted by atomic mass is 16.1. The number of benzene rings is 1. The molecule has 0 radical (unpaired) electrons. The van der Waals surface area contributed by atoms with Gasteiger partial charge in [-0.1, -0.05) is 12.1 Å². The van der Waals surface area contributed by atoms with Gasteiger partial charge in [0.2, 0.25) is 0 Å². The molecule has 19 heavy (non-hydrogen) atoms. The van der Waals surface area contributed by atoms with Gasteiger partial charge in [0.25, 0.3) is 5.91 Å². The average molecular weight is 256 g/mol. The van der Waals surface area contributed by atoms with Crippen LogP contribution in [0.3, 0.4) is 0 Å². The van der Waals surface area contributed by atoms with Gasteiger partial charge >= 0.3 is 0 Å². The molecule has 2 rings (SSSR count). The molecule has 0 saturated carbocycles. The van der Waals surface area contributed by atoms with E-state index in [9.17, 15) is 4.79 Å². The van der Waals surface area contributed by atoms with E-state index in [0.29, 0.717) is 12.2 Å². The first-order chi connectivity index (χ1) is 9.16. The molecule has 0 aliphatic heterocycles. The van der Waals surface area contributed by atoms with Gasteiger partial charge in [-0.3, -0.25) is 9.78 Å². The van der Waals surface area contributed by atoms with E-state index in [-0.39, 0.29) is 5.91 Å². The van der Waals surface area contributed by atoms with Crippen molar-refractivity contribution >= 4 is 11.6 Å². The lowest BCUT2D eigenvalue weighted by Gasteiger charge is -2.13. The molecular weight excluding hydrogens is 240 g/mol. The molecule has 1 heterocycles. The lowest BCUT2D eigenvalue weighted by atomic mass is 10.2. The smallest absolute Gasteiger partial charge is 0.271 e. The Balaban J connectivity index is 1.99. The molecular formula is C14H16N4O. The summed E-state index contributed by atoms with van der Waals surface area (Å²) in [5, 5.41) is 2.82. The summed E-state index contributed by atoms with van der Waals surface area (Å²) in [6.45, 7) is 0.469. The van der Waals surface area contributed by atoms with Crippen molar-refractivity contribution in [3.8, 4) is 0 Å². The Labute approximate surface area is 112 Å². The van der Waals surface area contributed by atoms with Gasteiger partial charge < -0.3 is 10.2 Å². The molecule has 0 aliphatic carbocycles. The third-order valence-electron chi connectivity index (χ3n) is 2.68. The van der Waals surface area contributed by atoms with Crippen molar-refractivity contribution in [1.82, 2.24) is 15.3 Å². The highest BCUT2D eigenvalue weighted by molar-refractivity contribution is 5.91. The number of carbonyl (C=O) groups is 1. The Morgan fingerprint density at radius 2 is 2.16 bits per heavy atom. The highest BCUT2D eigenvalue weighted by Crippen LogP contribution is 2.13. The van der Waals surface area contributed by atoms with E-state index in [1.54, 1.807) is 0 Å². The quantitative estimate of drug-likeness (QED) is 0.900. The SMILES string of the molecule is CN(C)c1cccc(CNC(=O)c2cnccn2)c1. The van der Waals surface area contributed by atoms with Crippen LogP contribution in [-0.2, 0) is 6.54 Å². The van der Waals surface area contributed by atoms with Crippen LogP contribution in [-0.4, -0.2) is 30.0 Å². The van der Waals surface area contributed by atoms with Gasteiger partial charge in [0, 0.05) is 38.7 Å². The van der Waals surface area contributed by atoms with E-state index in [1.165, 1.54) is 18.6 Å². The summed E-state index contributed by atoms with van der Waals surface area (Å²) in [5.74, 6) is -0.219. The molecule has 0 bridgehead atoms. The molecule has 5 nitrogen and oxygen atoms in total. The lowest BCUT2D eigenvalue weighted by molar-refractivity contribution is 0.0945. The van der Waals surface area contributed by atoms with Crippen molar-refractivity contribution in [2.75, 3.05) is 19.0 Å². The second-order valence-electron chi connectivity index (χ2n) is 4.34.